The lowest BCUT2D eigenvalue weighted by Gasteiger charge is -2.28. The second kappa shape index (κ2) is 7.23. The van der Waals surface area contributed by atoms with Gasteiger partial charge >= 0.3 is 5.69 Å². The summed E-state index contributed by atoms with van der Waals surface area (Å²) in [6, 6.07) is 5.53. The normalized spacial score (nSPS) is 17.8. The van der Waals surface area contributed by atoms with E-state index in [1.54, 1.807) is 12.1 Å². The molecule has 1 aliphatic rings. The number of fused-ring (bicyclic) bond motifs is 1. The quantitative estimate of drug-likeness (QED) is 0.643. The van der Waals surface area contributed by atoms with E-state index in [0.29, 0.717) is 18.4 Å². The maximum atomic E-state index is 11.3. The van der Waals surface area contributed by atoms with E-state index in [2.05, 4.69) is 21.1 Å². The van der Waals surface area contributed by atoms with Gasteiger partial charge in [0.2, 0.25) is 0 Å². The van der Waals surface area contributed by atoms with Crippen molar-refractivity contribution in [3.05, 3.63) is 51.6 Å². The van der Waals surface area contributed by atoms with Crippen LogP contribution >= 0.6 is 0 Å². The van der Waals surface area contributed by atoms with Gasteiger partial charge in [-0.15, -0.1) is 0 Å². The maximum Gasteiger partial charge on any atom is 0.311 e. The summed E-state index contributed by atoms with van der Waals surface area (Å²) in [5, 5.41) is 14.9. The Bertz CT molecular complexity index is 772. The minimum atomic E-state index is -0.387. The van der Waals surface area contributed by atoms with Crippen molar-refractivity contribution in [1.29, 1.82) is 0 Å². The Balaban J connectivity index is 1.72. The second-order valence-electron chi connectivity index (χ2n) is 6.49. The van der Waals surface area contributed by atoms with Crippen LogP contribution in [-0.2, 0) is 13.0 Å². The number of hydrogen-bond acceptors (Lipinski definition) is 5. The average Bonchev–Trinajstić information content (AvgIpc) is 2.94. The van der Waals surface area contributed by atoms with Gasteiger partial charge in [-0.1, -0.05) is 6.07 Å². The van der Waals surface area contributed by atoms with Crippen LogP contribution in [0.5, 0.6) is 5.75 Å². The summed E-state index contributed by atoms with van der Waals surface area (Å²) in [6.45, 7) is 7.14. The van der Waals surface area contributed by atoms with E-state index in [4.69, 9.17) is 4.74 Å². The molecule has 2 aromatic rings. The molecule has 0 radical (unpaired) electrons. The van der Waals surface area contributed by atoms with Gasteiger partial charge in [0, 0.05) is 37.3 Å². The van der Waals surface area contributed by atoms with Crippen LogP contribution in [0.15, 0.2) is 24.4 Å². The molecule has 2 atom stereocenters. The summed E-state index contributed by atoms with van der Waals surface area (Å²) in [5.41, 5.74) is 1.96. The van der Waals surface area contributed by atoms with Crippen molar-refractivity contribution in [2.75, 3.05) is 6.61 Å². The van der Waals surface area contributed by atoms with Crippen molar-refractivity contribution < 1.29 is 9.66 Å². The Hall–Kier alpha value is -2.41. The number of hydrogen-bond donors (Lipinski definition) is 1. The Kier molecular flexibility index (Phi) is 5.03. The first kappa shape index (κ1) is 17.4. The highest BCUT2D eigenvalue weighted by Crippen LogP contribution is 2.30. The molecule has 0 saturated heterocycles. The van der Waals surface area contributed by atoms with Crippen molar-refractivity contribution in [2.45, 2.75) is 52.2 Å². The molecular formula is C18H24N4O3. The van der Waals surface area contributed by atoms with Crippen molar-refractivity contribution in [2.24, 2.45) is 0 Å². The second-order valence-corrected chi connectivity index (χ2v) is 6.49. The number of imidazole rings is 1. The molecule has 25 heavy (non-hydrogen) atoms. The number of aryl methyl sites for hydroxylation is 2. The van der Waals surface area contributed by atoms with Crippen LogP contribution in [-0.4, -0.2) is 27.1 Å². The monoisotopic (exact) mass is 344 g/mol. The summed E-state index contributed by atoms with van der Waals surface area (Å²) >= 11 is 0. The zero-order valence-electron chi connectivity index (χ0n) is 14.9. The smallest absolute Gasteiger partial charge is 0.311 e. The van der Waals surface area contributed by atoms with Gasteiger partial charge in [-0.25, -0.2) is 4.98 Å². The Morgan fingerprint density at radius 2 is 2.32 bits per heavy atom. The van der Waals surface area contributed by atoms with Gasteiger partial charge in [0.05, 0.1) is 17.2 Å². The Labute approximate surface area is 147 Å². The number of ether oxygens (including phenoxy) is 1. The lowest BCUT2D eigenvalue weighted by molar-refractivity contribution is -0.385. The minimum absolute atomic E-state index is 0.0177. The highest BCUT2D eigenvalue weighted by Gasteiger charge is 2.23. The standard InChI is InChI=1S/C18H24N4O3/c1-4-25-17-7-5-14(9-16(17)22(23)24)13(3)20-15-6-8-18-19-12(2)10-21(18)11-15/h5,7,9-10,13,15,20H,4,6,8,11H2,1-3H3/t13-,15-/m0/s1. The van der Waals surface area contributed by atoms with Crippen molar-refractivity contribution in [1.82, 2.24) is 14.9 Å². The molecule has 2 heterocycles. The fraction of sp³-hybridized carbons (Fsp3) is 0.500. The summed E-state index contributed by atoms with van der Waals surface area (Å²) < 4.78 is 7.55. The number of nitrogens with zero attached hydrogens (tertiary/aromatic N) is 3. The third kappa shape index (κ3) is 3.82. The highest BCUT2D eigenvalue weighted by atomic mass is 16.6. The van der Waals surface area contributed by atoms with Gasteiger partial charge in [-0.3, -0.25) is 10.1 Å². The van der Waals surface area contributed by atoms with E-state index in [1.165, 1.54) is 0 Å². The van der Waals surface area contributed by atoms with E-state index < -0.39 is 0 Å². The first-order chi connectivity index (χ1) is 12.0. The summed E-state index contributed by atoms with van der Waals surface area (Å²) in [4.78, 5) is 15.4. The van der Waals surface area contributed by atoms with E-state index in [-0.39, 0.29) is 16.7 Å². The van der Waals surface area contributed by atoms with Crippen LogP contribution in [0.4, 0.5) is 5.69 Å². The number of aromatic nitrogens is 2. The summed E-state index contributed by atoms with van der Waals surface area (Å²) in [7, 11) is 0. The van der Waals surface area contributed by atoms with Gasteiger partial charge in [0.15, 0.2) is 5.75 Å². The predicted octanol–water partition coefficient (Wildman–Crippen LogP) is 3.16. The Morgan fingerprint density at radius 1 is 1.52 bits per heavy atom. The van der Waals surface area contributed by atoms with Gasteiger partial charge < -0.3 is 14.6 Å². The zero-order valence-corrected chi connectivity index (χ0v) is 14.9. The first-order valence-corrected chi connectivity index (χ1v) is 8.67. The largest absolute Gasteiger partial charge is 0.487 e. The lowest BCUT2D eigenvalue weighted by Crippen LogP contribution is -2.38. The molecule has 7 heteroatoms. The van der Waals surface area contributed by atoms with Crippen LogP contribution in [0.3, 0.4) is 0 Å². The lowest BCUT2D eigenvalue weighted by atomic mass is 10.0. The summed E-state index contributed by atoms with van der Waals surface area (Å²) in [6.07, 6.45) is 4.04. The molecule has 1 N–H and O–H groups in total. The fourth-order valence-corrected chi connectivity index (χ4v) is 3.40. The SMILES string of the molecule is CCOc1ccc([C@H](C)N[C@H]2CCc3nc(C)cn3C2)cc1[N+](=O)[O-]. The molecule has 0 amide bonds. The molecule has 0 fully saturated rings. The van der Waals surface area contributed by atoms with E-state index in [1.807, 2.05) is 26.8 Å². The molecule has 134 valence electrons. The van der Waals surface area contributed by atoms with Crippen molar-refractivity contribution in [3.63, 3.8) is 0 Å². The molecule has 0 spiro atoms. The topological polar surface area (TPSA) is 82.2 Å². The molecule has 7 nitrogen and oxygen atoms in total. The molecule has 1 aromatic carbocycles. The number of rotatable bonds is 6. The van der Waals surface area contributed by atoms with E-state index in [0.717, 1.165) is 36.5 Å². The molecule has 0 unspecified atom stereocenters. The third-order valence-corrected chi connectivity index (χ3v) is 4.58. The van der Waals surface area contributed by atoms with Gasteiger partial charge in [-0.05, 0) is 38.8 Å². The van der Waals surface area contributed by atoms with Gasteiger partial charge in [-0.2, -0.15) is 0 Å². The molecule has 0 aliphatic carbocycles. The number of benzene rings is 1. The molecule has 0 bridgehead atoms. The minimum Gasteiger partial charge on any atom is -0.487 e. The number of nitro groups is 1. The van der Waals surface area contributed by atoms with Gasteiger partial charge in [0.1, 0.15) is 5.82 Å². The molecular weight excluding hydrogens is 320 g/mol. The van der Waals surface area contributed by atoms with Crippen molar-refractivity contribution >= 4 is 5.69 Å². The first-order valence-electron chi connectivity index (χ1n) is 8.67. The van der Waals surface area contributed by atoms with Gasteiger partial charge in [0.25, 0.3) is 0 Å². The van der Waals surface area contributed by atoms with Crippen LogP contribution in [0, 0.1) is 17.0 Å². The highest BCUT2D eigenvalue weighted by molar-refractivity contribution is 5.49. The summed E-state index contributed by atoms with van der Waals surface area (Å²) in [5.74, 6) is 1.46. The van der Waals surface area contributed by atoms with Crippen molar-refractivity contribution in [3.8, 4) is 5.75 Å². The molecule has 1 aromatic heterocycles. The maximum absolute atomic E-state index is 11.3. The Morgan fingerprint density at radius 3 is 3.04 bits per heavy atom. The fourth-order valence-electron chi connectivity index (χ4n) is 3.40. The molecule has 1 aliphatic heterocycles. The average molecular weight is 344 g/mol. The van der Waals surface area contributed by atoms with E-state index >= 15 is 0 Å². The number of nitrogens with one attached hydrogen (secondary N) is 1. The van der Waals surface area contributed by atoms with Crippen LogP contribution in [0.2, 0.25) is 0 Å². The predicted molar refractivity (Wildman–Crippen MR) is 94.9 cm³/mol. The van der Waals surface area contributed by atoms with E-state index in [9.17, 15) is 10.1 Å². The zero-order chi connectivity index (χ0) is 18.0. The van der Waals surface area contributed by atoms with Crippen LogP contribution < -0.4 is 10.1 Å². The molecule has 0 saturated carbocycles. The third-order valence-electron chi connectivity index (χ3n) is 4.58. The van der Waals surface area contributed by atoms with Crippen LogP contribution in [0.1, 0.15) is 43.4 Å². The van der Waals surface area contributed by atoms with Crippen LogP contribution in [0.25, 0.3) is 0 Å². The number of nitro benzene ring substituents is 1. The molecule has 3 rings (SSSR count).